The van der Waals surface area contributed by atoms with Crippen molar-refractivity contribution < 1.29 is 19.1 Å². The average Bonchev–Trinajstić information content (AvgIpc) is 2.84. The van der Waals surface area contributed by atoms with Crippen molar-refractivity contribution in [1.82, 2.24) is 5.32 Å². The standard InChI is InChI=1S/C18H14FNO3/c1-10-2-4-12(5-3-10)16(21)14-15(20-18(23)17(14)22)11-6-8-13(19)9-7-11/h2-9,15,21H,1H3,(H,20,23)/b16-14+. The predicted molar refractivity (Wildman–Crippen MR) is 83.0 cm³/mol. The summed E-state index contributed by atoms with van der Waals surface area (Å²) in [5, 5.41) is 13.0. The molecule has 2 N–H and O–H groups in total. The van der Waals surface area contributed by atoms with Gasteiger partial charge < -0.3 is 10.4 Å². The molecule has 116 valence electrons. The number of nitrogens with one attached hydrogen (secondary N) is 1. The van der Waals surface area contributed by atoms with Crippen molar-refractivity contribution >= 4 is 17.4 Å². The van der Waals surface area contributed by atoms with Gasteiger partial charge in [-0.25, -0.2) is 4.39 Å². The largest absolute Gasteiger partial charge is 0.507 e. The van der Waals surface area contributed by atoms with Gasteiger partial charge in [-0.15, -0.1) is 0 Å². The monoisotopic (exact) mass is 311 g/mol. The normalized spacial score (nSPS) is 19.7. The number of aliphatic hydroxyl groups is 1. The third-order valence-corrected chi connectivity index (χ3v) is 3.80. The molecule has 0 aromatic heterocycles. The van der Waals surface area contributed by atoms with Crippen LogP contribution < -0.4 is 5.32 Å². The Labute approximate surface area is 132 Å². The minimum absolute atomic E-state index is 0.0227. The van der Waals surface area contributed by atoms with Crippen LogP contribution >= 0.6 is 0 Å². The molecule has 0 bridgehead atoms. The maximum Gasteiger partial charge on any atom is 0.293 e. The molecule has 0 spiro atoms. The van der Waals surface area contributed by atoms with E-state index in [1.165, 1.54) is 24.3 Å². The zero-order valence-electron chi connectivity index (χ0n) is 12.3. The fourth-order valence-electron chi connectivity index (χ4n) is 2.54. The second-order valence-electron chi connectivity index (χ2n) is 5.42. The van der Waals surface area contributed by atoms with Crippen molar-refractivity contribution in [3.63, 3.8) is 0 Å². The van der Waals surface area contributed by atoms with Crippen LogP contribution in [0.5, 0.6) is 0 Å². The first-order valence-corrected chi connectivity index (χ1v) is 7.08. The number of hydrogen-bond acceptors (Lipinski definition) is 3. The van der Waals surface area contributed by atoms with E-state index in [2.05, 4.69) is 5.32 Å². The van der Waals surface area contributed by atoms with E-state index in [0.717, 1.165) is 5.56 Å². The fourth-order valence-corrected chi connectivity index (χ4v) is 2.54. The molecule has 1 saturated heterocycles. The van der Waals surface area contributed by atoms with Crippen molar-refractivity contribution in [2.75, 3.05) is 0 Å². The van der Waals surface area contributed by atoms with Gasteiger partial charge in [0.2, 0.25) is 0 Å². The molecule has 1 unspecified atom stereocenters. The summed E-state index contributed by atoms with van der Waals surface area (Å²) in [5.74, 6) is -2.23. The Morgan fingerprint density at radius 1 is 1.04 bits per heavy atom. The summed E-state index contributed by atoms with van der Waals surface area (Å²) in [5.41, 5.74) is 1.96. The molecule has 1 fully saturated rings. The highest BCUT2D eigenvalue weighted by molar-refractivity contribution is 6.46. The van der Waals surface area contributed by atoms with Crippen molar-refractivity contribution in [3.8, 4) is 0 Å². The Hall–Kier alpha value is -2.95. The van der Waals surface area contributed by atoms with Gasteiger partial charge in [-0.1, -0.05) is 42.0 Å². The van der Waals surface area contributed by atoms with Gasteiger partial charge in [-0.3, -0.25) is 9.59 Å². The Morgan fingerprint density at radius 3 is 2.26 bits per heavy atom. The molecule has 5 heteroatoms. The fraction of sp³-hybridized carbons (Fsp3) is 0.111. The Bertz CT molecular complexity index is 807. The highest BCUT2D eigenvalue weighted by Crippen LogP contribution is 2.32. The first-order chi connectivity index (χ1) is 11.0. The number of halogens is 1. The molecule has 2 aromatic rings. The number of rotatable bonds is 2. The van der Waals surface area contributed by atoms with E-state index in [0.29, 0.717) is 11.1 Å². The van der Waals surface area contributed by atoms with Crippen LogP contribution in [0.15, 0.2) is 54.1 Å². The smallest absolute Gasteiger partial charge is 0.293 e. The lowest BCUT2D eigenvalue weighted by atomic mass is 9.95. The van der Waals surface area contributed by atoms with Gasteiger partial charge in [-0.05, 0) is 24.6 Å². The molecule has 23 heavy (non-hydrogen) atoms. The average molecular weight is 311 g/mol. The molecule has 2 aromatic carbocycles. The molecule has 0 saturated carbocycles. The van der Waals surface area contributed by atoms with Crippen LogP contribution in [0.2, 0.25) is 0 Å². The van der Waals surface area contributed by atoms with Gasteiger partial charge in [0.1, 0.15) is 11.6 Å². The van der Waals surface area contributed by atoms with Gasteiger partial charge in [0.25, 0.3) is 11.7 Å². The summed E-state index contributed by atoms with van der Waals surface area (Å²) >= 11 is 0. The first-order valence-electron chi connectivity index (χ1n) is 7.08. The van der Waals surface area contributed by atoms with E-state index in [-0.39, 0.29) is 11.3 Å². The quantitative estimate of drug-likeness (QED) is 0.509. The number of benzene rings is 2. The van der Waals surface area contributed by atoms with Crippen LogP contribution in [0, 0.1) is 12.7 Å². The number of aryl methyl sites for hydroxylation is 1. The Kier molecular flexibility index (Phi) is 3.70. The molecule has 0 aliphatic carbocycles. The van der Waals surface area contributed by atoms with Gasteiger partial charge in [0, 0.05) is 5.56 Å². The molecule has 1 aliphatic heterocycles. The number of carbonyl (C=O) groups is 2. The molecular weight excluding hydrogens is 297 g/mol. The van der Waals surface area contributed by atoms with E-state index in [4.69, 9.17) is 0 Å². The minimum atomic E-state index is -0.795. The minimum Gasteiger partial charge on any atom is -0.507 e. The maximum atomic E-state index is 13.1. The van der Waals surface area contributed by atoms with E-state index in [9.17, 15) is 19.1 Å². The molecular formula is C18H14FNO3. The highest BCUT2D eigenvalue weighted by atomic mass is 19.1. The van der Waals surface area contributed by atoms with Crippen LogP contribution in [0.4, 0.5) is 4.39 Å². The number of hydrogen-bond donors (Lipinski definition) is 2. The van der Waals surface area contributed by atoms with Gasteiger partial charge in [0.15, 0.2) is 0 Å². The van der Waals surface area contributed by atoms with E-state index >= 15 is 0 Å². The molecule has 3 rings (SSSR count). The van der Waals surface area contributed by atoms with Gasteiger partial charge >= 0.3 is 0 Å². The summed E-state index contributed by atoms with van der Waals surface area (Å²) in [4.78, 5) is 23.9. The maximum absolute atomic E-state index is 13.1. The van der Waals surface area contributed by atoms with Crippen molar-refractivity contribution in [1.29, 1.82) is 0 Å². The van der Waals surface area contributed by atoms with E-state index in [1.807, 2.05) is 6.92 Å². The SMILES string of the molecule is Cc1ccc(/C(O)=C2\C(=O)C(=O)NC2c2ccc(F)cc2)cc1. The summed E-state index contributed by atoms with van der Waals surface area (Å²) < 4.78 is 13.1. The first kappa shape index (κ1) is 15.0. The lowest BCUT2D eigenvalue weighted by molar-refractivity contribution is -0.133. The zero-order valence-corrected chi connectivity index (χ0v) is 12.3. The Morgan fingerprint density at radius 2 is 1.65 bits per heavy atom. The number of aliphatic hydroxyl groups excluding tert-OH is 1. The molecule has 1 aliphatic rings. The topological polar surface area (TPSA) is 66.4 Å². The van der Waals surface area contributed by atoms with Crippen LogP contribution in [0.25, 0.3) is 5.76 Å². The Balaban J connectivity index is 2.10. The summed E-state index contributed by atoms with van der Waals surface area (Å²) in [7, 11) is 0. The van der Waals surface area contributed by atoms with Crippen molar-refractivity contribution in [2.24, 2.45) is 0 Å². The third-order valence-electron chi connectivity index (χ3n) is 3.80. The number of Topliss-reactive ketones (excluding diaryl/α,β-unsaturated/α-hetero) is 1. The second-order valence-corrected chi connectivity index (χ2v) is 5.42. The van der Waals surface area contributed by atoms with Crippen molar-refractivity contribution in [2.45, 2.75) is 13.0 Å². The summed E-state index contributed by atoms with van der Waals surface area (Å²) in [6, 6.07) is 11.6. The van der Waals surface area contributed by atoms with Crippen molar-refractivity contribution in [3.05, 3.63) is 76.6 Å². The highest BCUT2D eigenvalue weighted by Gasteiger charge is 2.39. The van der Waals surface area contributed by atoms with Crippen LogP contribution in [-0.2, 0) is 9.59 Å². The second kappa shape index (κ2) is 5.68. The zero-order chi connectivity index (χ0) is 16.6. The van der Waals surface area contributed by atoms with Crippen LogP contribution in [0.1, 0.15) is 22.7 Å². The predicted octanol–water partition coefficient (Wildman–Crippen LogP) is 2.84. The number of carbonyl (C=O) groups excluding carboxylic acids is 2. The summed E-state index contributed by atoms with van der Waals surface area (Å²) in [6.45, 7) is 1.90. The lowest BCUT2D eigenvalue weighted by Crippen LogP contribution is -2.21. The van der Waals surface area contributed by atoms with Crippen LogP contribution in [0.3, 0.4) is 0 Å². The molecule has 4 nitrogen and oxygen atoms in total. The number of amides is 1. The van der Waals surface area contributed by atoms with Crippen LogP contribution in [-0.4, -0.2) is 16.8 Å². The number of ketones is 1. The summed E-state index contributed by atoms with van der Waals surface area (Å²) in [6.07, 6.45) is 0. The lowest BCUT2D eigenvalue weighted by Gasteiger charge is -2.13. The van der Waals surface area contributed by atoms with Gasteiger partial charge in [0.05, 0.1) is 11.6 Å². The molecule has 1 heterocycles. The third kappa shape index (κ3) is 2.73. The molecule has 1 amide bonds. The molecule has 0 radical (unpaired) electrons. The van der Waals surface area contributed by atoms with E-state index in [1.54, 1.807) is 24.3 Å². The van der Waals surface area contributed by atoms with E-state index < -0.39 is 23.5 Å². The molecule has 1 atom stereocenters. The van der Waals surface area contributed by atoms with Gasteiger partial charge in [-0.2, -0.15) is 0 Å².